The van der Waals surface area contributed by atoms with E-state index >= 15 is 0 Å². The van der Waals surface area contributed by atoms with Gasteiger partial charge < -0.3 is 15.5 Å². The molecule has 2 aromatic rings. The van der Waals surface area contributed by atoms with Gasteiger partial charge in [-0.05, 0) is 55.6 Å². The van der Waals surface area contributed by atoms with Crippen LogP contribution in [0.3, 0.4) is 0 Å². The van der Waals surface area contributed by atoms with E-state index in [0.29, 0.717) is 6.54 Å². The molecule has 3 rings (SSSR count). The number of hydrogen-bond acceptors (Lipinski definition) is 4. The number of halogens is 1. The quantitative estimate of drug-likeness (QED) is 0.838. The molecule has 1 aliphatic rings. The van der Waals surface area contributed by atoms with Crippen molar-refractivity contribution < 1.29 is 4.79 Å². The van der Waals surface area contributed by atoms with Gasteiger partial charge in [0.1, 0.15) is 5.82 Å². The van der Waals surface area contributed by atoms with Gasteiger partial charge in [-0.1, -0.05) is 0 Å². The summed E-state index contributed by atoms with van der Waals surface area (Å²) in [6.45, 7) is 7.48. The first-order valence-electron chi connectivity index (χ1n) is 8.16. The maximum absolute atomic E-state index is 12.4. The summed E-state index contributed by atoms with van der Waals surface area (Å²) in [4.78, 5) is 18.9. The lowest BCUT2D eigenvalue weighted by Gasteiger charge is -2.29. The van der Waals surface area contributed by atoms with Gasteiger partial charge in [-0.15, -0.1) is 0 Å². The molecular weight excluding hydrogens is 372 g/mol. The Morgan fingerprint density at radius 3 is 3.00 bits per heavy atom. The van der Waals surface area contributed by atoms with Gasteiger partial charge in [0.25, 0.3) is 0 Å². The van der Waals surface area contributed by atoms with E-state index in [-0.39, 0.29) is 17.6 Å². The van der Waals surface area contributed by atoms with Crippen LogP contribution in [0.1, 0.15) is 33.6 Å². The molecule has 2 aromatic heterocycles. The van der Waals surface area contributed by atoms with Crippen molar-refractivity contribution >= 4 is 33.4 Å². The number of rotatable bonds is 3. The average Bonchev–Trinajstić information content (AvgIpc) is 3.11. The lowest BCUT2D eigenvalue weighted by Crippen LogP contribution is -2.51. The van der Waals surface area contributed by atoms with Crippen LogP contribution in [0.25, 0.3) is 5.65 Å². The van der Waals surface area contributed by atoms with Crippen molar-refractivity contribution in [3.63, 3.8) is 0 Å². The first-order chi connectivity index (χ1) is 11.3. The third-order valence-electron chi connectivity index (χ3n) is 3.96. The van der Waals surface area contributed by atoms with E-state index in [1.54, 1.807) is 10.7 Å². The second-order valence-corrected chi connectivity index (χ2v) is 7.98. The number of anilines is 1. The number of amides is 2. The zero-order valence-electron chi connectivity index (χ0n) is 14.2. The second kappa shape index (κ2) is 6.58. The average molecular weight is 395 g/mol. The molecule has 1 fully saturated rings. The molecule has 2 N–H and O–H groups in total. The number of urea groups is 1. The van der Waals surface area contributed by atoms with Gasteiger partial charge in [0.15, 0.2) is 5.65 Å². The summed E-state index contributed by atoms with van der Waals surface area (Å²) < 4.78 is 2.58. The number of carbonyl (C=O) groups is 1. The maximum atomic E-state index is 12.4. The Bertz CT molecular complexity index is 738. The van der Waals surface area contributed by atoms with Gasteiger partial charge in [0, 0.05) is 24.8 Å². The second-order valence-electron chi connectivity index (χ2n) is 7.12. The van der Waals surface area contributed by atoms with Gasteiger partial charge in [0.2, 0.25) is 0 Å². The predicted octanol–water partition coefficient (Wildman–Crippen LogP) is 2.88. The molecule has 2 amide bonds. The fourth-order valence-corrected chi connectivity index (χ4v) is 3.23. The first-order valence-corrected chi connectivity index (χ1v) is 8.95. The lowest BCUT2D eigenvalue weighted by atomic mass is 10.1. The van der Waals surface area contributed by atoms with Crippen LogP contribution in [0, 0.1) is 0 Å². The number of nitrogens with zero attached hydrogens (tertiary/aromatic N) is 4. The Kier molecular flexibility index (Phi) is 4.67. The summed E-state index contributed by atoms with van der Waals surface area (Å²) in [6, 6.07) is 2.08. The topological polar surface area (TPSA) is 74.6 Å². The molecular formula is C16H23BrN6O. The fourth-order valence-electron chi connectivity index (χ4n) is 2.87. The van der Waals surface area contributed by atoms with Gasteiger partial charge in [-0.2, -0.15) is 5.10 Å². The summed E-state index contributed by atoms with van der Waals surface area (Å²) in [7, 11) is 0. The minimum atomic E-state index is -0.224. The molecule has 0 spiro atoms. The minimum Gasteiger partial charge on any atom is -0.368 e. The number of aromatic nitrogens is 3. The van der Waals surface area contributed by atoms with Crippen LogP contribution in [0.15, 0.2) is 22.9 Å². The largest absolute Gasteiger partial charge is 0.368 e. The summed E-state index contributed by atoms with van der Waals surface area (Å²) >= 11 is 3.44. The number of nitrogens with one attached hydrogen (secondary N) is 2. The fraction of sp³-hybridized carbons (Fsp3) is 0.562. The zero-order valence-corrected chi connectivity index (χ0v) is 15.8. The van der Waals surface area contributed by atoms with Crippen molar-refractivity contribution in [3.8, 4) is 0 Å². The van der Waals surface area contributed by atoms with Crippen LogP contribution in [0.4, 0.5) is 10.6 Å². The van der Waals surface area contributed by atoms with Crippen molar-refractivity contribution in [3.05, 3.63) is 22.9 Å². The molecule has 1 atom stereocenters. The highest BCUT2D eigenvalue weighted by Crippen LogP contribution is 2.20. The Morgan fingerprint density at radius 2 is 2.25 bits per heavy atom. The van der Waals surface area contributed by atoms with Crippen molar-refractivity contribution in [1.29, 1.82) is 0 Å². The Balaban J connectivity index is 1.64. The van der Waals surface area contributed by atoms with E-state index in [4.69, 9.17) is 0 Å². The van der Waals surface area contributed by atoms with Gasteiger partial charge in [-0.3, -0.25) is 0 Å². The Hall–Kier alpha value is -1.83. The Morgan fingerprint density at radius 1 is 1.46 bits per heavy atom. The highest BCUT2D eigenvalue weighted by Gasteiger charge is 2.30. The van der Waals surface area contributed by atoms with Crippen LogP contribution < -0.4 is 10.6 Å². The number of fused-ring (bicyclic) bond motifs is 1. The van der Waals surface area contributed by atoms with Crippen LogP contribution in [-0.2, 0) is 0 Å². The molecule has 7 nitrogen and oxygen atoms in total. The summed E-state index contributed by atoms with van der Waals surface area (Å²) in [5.41, 5.74) is 0.548. The van der Waals surface area contributed by atoms with Gasteiger partial charge >= 0.3 is 6.03 Å². The maximum Gasteiger partial charge on any atom is 0.318 e. The molecule has 1 aliphatic heterocycles. The molecule has 130 valence electrons. The van der Waals surface area contributed by atoms with Crippen LogP contribution in [0.5, 0.6) is 0 Å². The number of likely N-dealkylation sites (tertiary alicyclic amines) is 1. The minimum absolute atomic E-state index is 0.00810. The van der Waals surface area contributed by atoms with E-state index in [9.17, 15) is 4.79 Å². The van der Waals surface area contributed by atoms with Gasteiger partial charge in [-0.25, -0.2) is 14.3 Å². The van der Waals surface area contributed by atoms with Crippen molar-refractivity contribution in [2.75, 3.05) is 18.4 Å². The summed E-state index contributed by atoms with van der Waals surface area (Å²) in [5, 5.41) is 10.6. The van der Waals surface area contributed by atoms with E-state index in [2.05, 4.69) is 36.6 Å². The molecule has 0 aliphatic carbocycles. The molecule has 1 saturated heterocycles. The molecule has 0 radical (unpaired) electrons. The van der Waals surface area contributed by atoms with Crippen molar-refractivity contribution in [2.45, 2.75) is 45.2 Å². The molecule has 0 saturated carbocycles. The predicted molar refractivity (Wildman–Crippen MR) is 97.2 cm³/mol. The number of hydrogen-bond donors (Lipinski definition) is 2. The zero-order chi connectivity index (χ0) is 17.3. The third kappa shape index (κ3) is 3.80. The molecule has 3 heterocycles. The first kappa shape index (κ1) is 17.0. The molecule has 8 heteroatoms. The van der Waals surface area contributed by atoms with Gasteiger partial charge in [0.05, 0.1) is 16.7 Å². The SMILES string of the molecule is CC(C)(C)NC(=O)N1CCCC1CNc1ccn2ncc(Br)c2n1. The van der Waals surface area contributed by atoms with Crippen LogP contribution in [0.2, 0.25) is 0 Å². The number of carbonyl (C=O) groups excluding carboxylic acids is 1. The third-order valence-corrected chi connectivity index (χ3v) is 4.52. The highest BCUT2D eigenvalue weighted by molar-refractivity contribution is 9.10. The molecule has 0 bridgehead atoms. The molecule has 0 aromatic carbocycles. The monoisotopic (exact) mass is 394 g/mol. The highest BCUT2D eigenvalue weighted by atomic mass is 79.9. The summed E-state index contributed by atoms with van der Waals surface area (Å²) in [6.07, 6.45) is 5.63. The van der Waals surface area contributed by atoms with E-state index < -0.39 is 0 Å². The van der Waals surface area contributed by atoms with Crippen molar-refractivity contribution in [2.24, 2.45) is 0 Å². The van der Waals surface area contributed by atoms with E-state index in [1.165, 1.54) is 0 Å². The standard InChI is InChI=1S/C16H23BrN6O/c1-16(2,3)21-15(24)22-7-4-5-11(22)9-18-13-6-8-23-14(20-13)12(17)10-19-23/h6,8,10-11H,4-5,7,9H2,1-3H3,(H,18,20)(H,21,24). The summed E-state index contributed by atoms with van der Waals surface area (Å²) in [5.74, 6) is 0.784. The van der Waals surface area contributed by atoms with E-state index in [1.807, 2.05) is 37.9 Å². The molecule has 1 unspecified atom stereocenters. The van der Waals surface area contributed by atoms with Crippen LogP contribution >= 0.6 is 15.9 Å². The lowest BCUT2D eigenvalue weighted by molar-refractivity contribution is 0.185. The van der Waals surface area contributed by atoms with Crippen LogP contribution in [-0.4, -0.2) is 50.2 Å². The molecule has 24 heavy (non-hydrogen) atoms. The van der Waals surface area contributed by atoms with Crippen molar-refractivity contribution in [1.82, 2.24) is 24.8 Å². The normalized spacial score (nSPS) is 18.2. The Labute approximate surface area is 149 Å². The van der Waals surface area contributed by atoms with E-state index in [0.717, 1.165) is 35.3 Å². The smallest absolute Gasteiger partial charge is 0.318 e.